The number of hydrogen-bond donors (Lipinski definition) is 0. The third-order valence-electron chi connectivity index (χ3n) is 0.883. The fraction of sp³-hybridized carbons (Fsp3) is 0.667. The summed E-state index contributed by atoms with van der Waals surface area (Å²) in [4.78, 5) is 0. The van der Waals surface area contributed by atoms with Gasteiger partial charge in [0, 0.05) is 0 Å². The third-order valence-corrected chi connectivity index (χ3v) is 0.883. The molecule has 0 radical (unpaired) electrons. The quantitative estimate of drug-likeness (QED) is 0.496. The van der Waals surface area contributed by atoms with Crippen molar-refractivity contribution in [2.45, 2.75) is 48.0 Å². The molecule has 0 heterocycles. The average molecular weight is 168 g/mol. The first kappa shape index (κ1) is 14.0. The maximum absolute atomic E-state index is 2.19. The van der Waals surface area contributed by atoms with Gasteiger partial charge in [-0.05, 0) is 18.3 Å². The van der Waals surface area contributed by atoms with E-state index in [4.69, 9.17) is 0 Å². The Bertz CT molecular complexity index is 115. The zero-order valence-corrected chi connectivity index (χ0v) is 8.22. The summed E-state index contributed by atoms with van der Waals surface area (Å²) in [5.74, 6) is 0. The van der Waals surface area contributed by atoms with E-state index >= 15 is 0 Å². The van der Waals surface area contributed by atoms with Crippen LogP contribution >= 0.6 is 0 Å². The molecule has 1 aliphatic carbocycles. The summed E-state index contributed by atoms with van der Waals surface area (Å²) >= 11 is 0. The Morgan fingerprint density at radius 1 is 0.833 bits per heavy atom. The van der Waals surface area contributed by atoms with Gasteiger partial charge in [-0.1, -0.05) is 59.4 Å². The van der Waals surface area contributed by atoms with Gasteiger partial charge in [0.1, 0.15) is 0 Å². The van der Waals surface area contributed by atoms with Crippen LogP contribution in [0.15, 0.2) is 24.3 Å². The highest BCUT2D eigenvalue weighted by Crippen LogP contribution is 2.08. The molecule has 0 aromatic heterocycles. The summed E-state index contributed by atoms with van der Waals surface area (Å²) < 4.78 is 0. The summed E-state index contributed by atoms with van der Waals surface area (Å²) in [5, 5.41) is 0. The first-order valence-electron chi connectivity index (χ1n) is 4.32. The van der Waals surface area contributed by atoms with Crippen LogP contribution in [-0.2, 0) is 0 Å². The van der Waals surface area contributed by atoms with E-state index in [1.54, 1.807) is 0 Å². The van der Waals surface area contributed by atoms with E-state index in [1.165, 1.54) is 12.8 Å². The van der Waals surface area contributed by atoms with E-state index in [2.05, 4.69) is 52.0 Å². The molecule has 0 aliphatic heterocycles. The summed E-state index contributed by atoms with van der Waals surface area (Å²) in [6.45, 7) is 8.75. The van der Waals surface area contributed by atoms with Crippen molar-refractivity contribution in [3.63, 3.8) is 0 Å². The van der Waals surface area contributed by atoms with E-state index in [9.17, 15) is 0 Å². The molecule has 0 unspecified atom stereocenters. The summed E-state index contributed by atoms with van der Waals surface area (Å²) in [6, 6.07) is 0. The van der Waals surface area contributed by atoms with Crippen LogP contribution < -0.4 is 0 Å². The molecule has 72 valence electrons. The standard InChI is InChI=1S/C6H8.C5H12.CH4/c1-2-4-6-5-3-1;1-5(2,3)4;/h1-4H,5-6H2;1-4H3;1H4. The normalized spacial score (nSPS) is 14.3. The van der Waals surface area contributed by atoms with E-state index in [0.717, 1.165) is 0 Å². The minimum Gasteiger partial charge on any atom is -0.0842 e. The van der Waals surface area contributed by atoms with Gasteiger partial charge in [-0.15, -0.1) is 0 Å². The molecular weight excluding hydrogens is 144 g/mol. The van der Waals surface area contributed by atoms with Crippen molar-refractivity contribution in [1.82, 2.24) is 0 Å². The van der Waals surface area contributed by atoms with Crippen LogP contribution in [0.25, 0.3) is 0 Å². The SMILES string of the molecule is C.C1=CCCC=C1.CC(C)(C)C. The Morgan fingerprint density at radius 3 is 1.17 bits per heavy atom. The first-order chi connectivity index (χ1) is 5.00. The molecule has 0 N–H and O–H groups in total. The lowest BCUT2D eigenvalue weighted by atomic mass is 10.0. The molecule has 0 nitrogen and oxygen atoms in total. The Morgan fingerprint density at radius 2 is 1.08 bits per heavy atom. The number of rotatable bonds is 0. The Hall–Kier alpha value is -0.520. The van der Waals surface area contributed by atoms with E-state index in [0.29, 0.717) is 5.41 Å². The molecule has 0 heteroatoms. The highest BCUT2D eigenvalue weighted by Gasteiger charge is 1.95. The van der Waals surface area contributed by atoms with Crippen molar-refractivity contribution < 1.29 is 0 Å². The minimum atomic E-state index is 0. The first-order valence-corrected chi connectivity index (χ1v) is 4.32. The van der Waals surface area contributed by atoms with Gasteiger partial charge >= 0.3 is 0 Å². The van der Waals surface area contributed by atoms with Crippen LogP contribution in [0.2, 0.25) is 0 Å². The van der Waals surface area contributed by atoms with Crippen molar-refractivity contribution in [2.75, 3.05) is 0 Å². The second-order valence-electron chi connectivity index (χ2n) is 4.43. The molecule has 0 aromatic rings. The van der Waals surface area contributed by atoms with Crippen molar-refractivity contribution in [2.24, 2.45) is 5.41 Å². The van der Waals surface area contributed by atoms with Gasteiger partial charge in [0.25, 0.3) is 0 Å². The predicted molar refractivity (Wildman–Crippen MR) is 59.4 cm³/mol. The van der Waals surface area contributed by atoms with Gasteiger partial charge in [0.2, 0.25) is 0 Å². The van der Waals surface area contributed by atoms with Gasteiger partial charge in [-0.3, -0.25) is 0 Å². The molecular formula is C12H24. The topological polar surface area (TPSA) is 0 Å². The highest BCUT2D eigenvalue weighted by atomic mass is 14.0. The Labute approximate surface area is 78.4 Å². The Kier molecular flexibility index (Phi) is 8.36. The van der Waals surface area contributed by atoms with E-state index < -0.39 is 0 Å². The van der Waals surface area contributed by atoms with Gasteiger partial charge < -0.3 is 0 Å². The van der Waals surface area contributed by atoms with Gasteiger partial charge in [-0.25, -0.2) is 0 Å². The van der Waals surface area contributed by atoms with Crippen LogP contribution in [-0.4, -0.2) is 0 Å². The molecule has 0 fully saturated rings. The third kappa shape index (κ3) is 22.7. The van der Waals surface area contributed by atoms with Crippen LogP contribution in [0.5, 0.6) is 0 Å². The summed E-state index contributed by atoms with van der Waals surface area (Å²) in [7, 11) is 0. The van der Waals surface area contributed by atoms with Gasteiger partial charge in [0.05, 0.1) is 0 Å². The van der Waals surface area contributed by atoms with Crippen molar-refractivity contribution in [1.29, 1.82) is 0 Å². The van der Waals surface area contributed by atoms with Crippen LogP contribution in [0.1, 0.15) is 48.0 Å². The lowest BCUT2D eigenvalue weighted by Crippen LogP contribution is -1.93. The maximum Gasteiger partial charge on any atom is -0.0313 e. The largest absolute Gasteiger partial charge is 0.0842 e. The molecule has 0 aromatic carbocycles. The fourth-order valence-electron chi connectivity index (χ4n) is 0.542. The predicted octanol–water partition coefficient (Wildman–Crippen LogP) is 4.58. The monoisotopic (exact) mass is 168 g/mol. The minimum absolute atomic E-state index is 0. The molecule has 12 heavy (non-hydrogen) atoms. The van der Waals surface area contributed by atoms with Gasteiger partial charge in [-0.2, -0.15) is 0 Å². The van der Waals surface area contributed by atoms with Gasteiger partial charge in [0.15, 0.2) is 0 Å². The van der Waals surface area contributed by atoms with Crippen LogP contribution in [0.4, 0.5) is 0 Å². The smallest absolute Gasteiger partial charge is 0.0313 e. The fourth-order valence-corrected chi connectivity index (χ4v) is 0.542. The number of allylic oxidation sites excluding steroid dienone is 4. The zero-order valence-electron chi connectivity index (χ0n) is 8.22. The molecule has 0 bridgehead atoms. The molecule has 0 saturated heterocycles. The van der Waals surface area contributed by atoms with E-state index in [-0.39, 0.29) is 7.43 Å². The maximum atomic E-state index is 2.19. The molecule has 0 spiro atoms. The highest BCUT2D eigenvalue weighted by molar-refractivity contribution is 5.07. The van der Waals surface area contributed by atoms with Crippen molar-refractivity contribution in [3.8, 4) is 0 Å². The van der Waals surface area contributed by atoms with Crippen molar-refractivity contribution in [3.05, 3.63) is 24.3 Å². The second-order valence-corrected chi connectivity index (χ2v) is 4.43. The molecule has 0 saturated carbocycles. The lowest BCUT2D eigenvalue weighted by molar-refractivity contribution is 0.469. The molecule has 0 atom stereocenters. The molecule has 1 aliphatic rings. The zero-order chi connectivity index (χ0) is 8.74. The molecule has 0 amide bonds. The van der Waals surface area contributed by atoms with Crippen molar-refractivity contribution >= 4 is 0 Å². The Balaban J connectivity index is 0. The lowest BCUT2D eigenvalue weighted by Gasteiger charge is -2.05. The average Bonchev–Trinajstić information content (AvgIpc) is 1.88. The second kappa shape index (κ2) is 7.15. The summed E-state index contributed by atoms with van der Waals surface area (Å²) in [5.41, 5.74) is 0.500. The number of hydrogen-bond acceptors (Lipinski definition) is 0. The van der Waals surface area contributed by atoms with Crippen LogP contribution in [0.3, 0.4) is 0 Å². The summed E-state index contributed by atoms with van der Waals surface area (Å²) in [6.07, 6.45) is 11.0. The van der Waals surface area contributed by atoms with E-state index in [1.807, 2.05) is 0 Å². The van der Waals surface area contributed by atoms with Crippen LogP contribution in [0, 0.1) is 5.41 Å². The molecule has 1 rings (SSSR count).